The van der Waals surface area contributed by atoms with Gasteiger partial charge in [0.05, 0.1) is 23.7 Å². The number of amides is 1. The number of Topliss-reactive ketones (excluding diaryl/α,β-unsaturated/α-hetero) is 1. The third-order valence-electron chi connectivity index (χ3n) is 6.58. The molecule has 1 aromatic carbocycles. The van der Waals surface area contributed by atoms with Crippen LogP contribution in [0.1, 0.15) is 46.7 Å². The molecule has 4 aromatic rings. The maximum absolute atomic E-state index is 15.4. The molecule has 1 amide bonds. The summed E-state index contributed by atoms with van der Waals surface area (Å²) in [6.45, 7) is 2.55. The average Bonchev–Trinajstić information content (AvgIpc) is 3.54. The molecular weight excluding hydrogens is 514 g/mol. The molecule has 3 aromatic heterocycles. The number of carbonyl (C=O) groups excluding carboxylic acids is 2. The molecule has 0 radical (unpaired) electrons. The van der Waals surface area contributed by atoms with Crippen LogP contribution >= 0.6 is 0 Å². The van der Waals surface area contributed by atoms with Gasteiger partial charge in [-0.1, -0.05) is 12.0 Å². The van der Waals surface area contributed by atoms with Crippen molar-refractivity contribution in [3.63, 3.8) is 0 Å². The second kappa shape index (κ2) is 10.3. The van der Waals surface area contributed by atoms with Crippen LogP contribution in [-0.2, 0) is 17.4 Å². The van der Waals surface area contributed by atoms with E-state index >= 15 is 4.39 Å². The van der Waals surface area contributed by atoms with Crippen molar-refractivity contribution in [2.75, 3.05) is 13.1 Å². The van der Waals surface area contributed by atoms with Crippen LogP contribution in [0, 0.1) is 17.7 Å². The zero-order chi connectivity index (χ0) is 27.7. The Morgan fingerprint density at radius 2 is 1.97 bits per heavy atom. The summed E-state index contributed by atoms with van der Waals surface area (Å²) in [4.78, 5) is 39.3. The van der Waals surface area contributed by atoms with Gasteiger partial charge in [0.25, 0.3) is 5.91 Å². The molecule has 1 aliphatic heterocycles. The molecule has 39 heavy (non-hydrogen) atoms. The molecule has 0 N–H and O–H groups in total. The van der Waals surface area contributed by atoms with Crippen molar-refractivity contribution in [2.24, 2.45) is 0 Å². The van der Waals surface area contributed by atoms with E-state index in [0.717, 1.165) is 24.4 Å². The highest BCUT2D eigenvalue weighted by Gasteiger charge is 2.32. The van der Waals surface area contributed by atoms with Crippen molar-refractivity contribution in [3.8, 4) is 23.1 Å². The predicted molar refractivity (Wildman–Crippen MR) is 133 cm³/mol. The van der Waals surface area contributed by atoms with Crippen LogP contribution in [0.5, 0.6) is 0 Å². The van der Waals surface area contributed by atoms with E-state index in [4.69, 9.17) is 4.98 Å². The molecule has 1 atom stereocenters. The number of fused-ring (bicyclic) bond motifs is 1. The summed E-state index contributed by atoms with van der Waals surface area (Å²) >= 11 is 0. The molecule has 0 spiro atoms. The first-order chi connectivity index (χ1) is 18.7. The summed E-state index contributed by atoms with van der Waals surface area (Å²) in [5.41, 5.74) is 0.0432. The molecule has 4 heterocycles. The quantitative estimate of drug-likeness (QED) is 0.210. The van der Waals surface area contributed by atoms with E-state index in [1.165, 1.54) is 12.1 Å². The Balaban J connectivity index is 1.42. The molecule has 0 saturated carbocycles. The number of imidazole rings is 1. The molecule has 1 fully saturated rings. The van der Waals surface area contributed by atoms with Crippen LogP contribution in [0.4, 0.5) is 17.6 Å². The Kier molecular flexibility index (Phi) is 6.87. The van der Waals surface area contributed by atoms with E-state index in [9.17, 15) is 22.8 Å². The zero-order valence-electron chi connectivity index (χ0n) is 20.7. The summed E-state index contributed by atoms with van der Waals surface area (Å²) < 4.78 is 56.1. The molecule has 0 aliphatic carbocycles. The molecule has 7 nitrogen and oxygen atoms in total. The van der Waals surface area contributed by atoms with Crippen molar-refractivity contribution in [1.29, 1.82) is 0 Å². The smallest absolute Gasteiger partial charge is 0.331 e. The van der Waals surface area contributed by atoms with Gasteiger partial charge >= 0.3 is 6.18 Å². The molecule has 11 heteroatoms. The average molecular weight is 536 g/mol. The van der Waals surface area contributed by atoms with Crippen LogP contribution in [0.15, 0.2) is 55.1 Å². The molecular formula is C28H21F4N5O2. The highest BCUT2D eigenvalue weighted by molar-refractivity contribution is 5.98. The molecule has 1 saturated heterocycles. The minimum atomic E-state index is -4.56. The van der Waals surface area contributed by atoms with Crippen molar-refractivity contribution >= 4 is 17.2 Å². The van der Waals surface area contributed by atoms with Gasteiger partial charge in [-0.15, -0.1) is 0 Å². The summed E-state index contributed by atoms with van der Waals surface area (Å²) in [7, 11) is 0. The second-order valence-electron chi connectivity index (χ2n) is 9.09. The number of likely N-dealkylation sites (tertiary alicyclic amines) is 1. The normalized spacial score (nSPS) is 15.3. The van der Waals surface area contributed by atoms with E-state index in [-0.39, 0.29) is 28.6 Å². The van der Waals surface area contributed by atoms with Gasteiger partial charge in [-0.05, 0) is 43.5 Å². The maximum atomic E-state index is 15.4. The first-order valence-electron chi connectivity index (χ1n) is 12.0. The second-order valence-corrected chi connectivity index (χ2v) is 9.09. The third kappa shape index (κ3) is 5.23. The first kappa shape index (κ1) is 26.0. The molecule has 5 rings (SSSR count). The number of alkyl halides is 3. The van der Waals surface area contributed by atoms with Crippen molar-refractivity contribution < 1.29 is 27.2 Å². The standard InChI is InChI=1S/C28H21F4N5O2/c1-2-3-25(39)36-10-7-18(16-36)27-35-26(23-15-33-9-11-37(23)27)21-5-4-17(12-22(21)29)24(38)14-20-13-19(6-8-34-20)28(30,31)32/h4-6,8-9,11-13,15,18H,7,10,14,16H2,1H3/t18-/m1/s1. The number of hydrogen-bond acceptors (Lipinski definition) is 5. The van der Waals surface area contributed by atoms with Gasteiger partial charge in [-0.25, -0.2) is 9.37 Å². The highest BCUT2D eigenvalue weighted by Crippen LogP contribution is 2.34. The minimum absolute atomic E-state index is 0.000643. The number of aromatic nitrogens is 4. The monoisotopic (exact) mass is 535 g/mol. The number of carbonyl (C=O) groups is 2. The van der Waals surface area contributed by atoms with Crippen molar-refractivity contribution in [3.05, 3.63) is 83.6 Å². The van der Waals surface area contributed by atoms with Crippen LogP contribution in [0.25, 0.3) is 16.8 Å². The summed E-state index contributed by atoms with van der Waals surface area (Å²) in [6.07, 6.45) is 1.54. The van der Waals surface area contributed by atoms with Gasteiger partial charge in [0.15, 0.2) is 5.78 Å². The number of benzene rings is 1. The van der Waals surface area contributed by atoms with Crippen LogP contribution in [0.2, 0.25) is 0 Å². The van der Waals surface area contributed by atoms with Crippen LogP contribution in [-0.4, -0.2) is 49.0 Å². The minimum Gasteiger partial charge on any atom is -0.331 e. The fourth-order valence-corrected chi connectivity index (χ4v) is 4.69. The zero-order valence-corrected chi connectivity index (χ0v) is 20.7. The van der Waals surface area contributed by atoms with Gasteiger partial charge in [-0.3, -0.25) is 24.0 Å². The van der Waals surface area contributed by atoms with Gasteiger partial charge < -0.3 is 4.90 Å². The Hall–Kier alpha value is -4.59. The summed E-state index contributed by atoms with van der Waals surface area (Å²) in [6, 6.07) is 5.51. The van der Waals surface area contributed by atoms with E-state index < -0.39 is 29.8 Å². The highest BCUT2D eigenvalue weighted by atomic mass is 19.4. The molecule has 0 unspecified atom stereocenters. The Morgan fingerprint density at radius 1 is 1.15 bits per heavy atom. The topological polar surface area (TPSA) is 80.5 Å². The van der Waals surface area contributed by atoms with Gasteiger partial charge in [0, 0.05) is 54.4 Å². The van der Waals surface area contributed by atoms with Gasteiger partial charge in [0.1, 0.15) is 17.3 Å². The van der Waals surface area contributed by atoms with Crippen LogP contribution < -0.4 is 0 Å². The number of pyridine rings is 1. The first-order valence-corrected chi connectivity index (χ1v) is 12.0. The van der Waals surface area contributed by atoms with Gasteiger partial charge in [-0.2, -0.15) is 13.2 Å². The number of hydrogen-bond donors (Lipinski definition) is 0. The lowest BCUT2D eigenvalue weighted by Gasteiger charge is -2.12. The van der Waals surface area contributed by atoms with E-state index in [1.54, 1.807) is 30.4 Å². The fourth-order valence-electron chi connectivity index (χ4n) is 4.69. The molecule has 198 valence electrons. The maximum Gasteiger partial charge on any atom is 0.416 e. The molecule has 1 aliphatic rings. The van der Waals surface area contributed by atoms with E-state index in [0.29, 0.717) is 36.5 Å². The fraction of sp³-hybridized carbons (Fsp3) is 0.250. The lowest BCUT2D eigenvalue weighted by molar-refractivity contribution is -0.137. The van der Waals surface area contributed by atoms with E-state index in [2.05, 4.69) is 21.8 Å². The van der Waals surface area contributed by atoms with Gasteiger partial charge in [0.2, 0.25) is 0 Å². The number of ketones is 1. The Labute approximate surface area is 220 Å². The number of nitrogens with zero attached hydrogens (tertiary/aromatic N) is 5. The third-order valence-corrected chi connectivity index (χ3v) is 6.58. The van der Waals surface area contributed by atoms with Crippen molar-refractivity contribution in [2.45, 2.75) is 31.9 Å². The Bertz CT molecular complexity index is 1650. The number of halogens is 4. The SMILES string of the molecule is CC#CC(=O)N1CC[C@@H](c2nc(-c3ccc(C(=O)Cc4cc(C(F)(F)F)ccn4)cc3F)c3cnccn23)C1. The summed E-state index contributed by atoms with van der Waals surface area (Å²) in [5.74, 6) is 4.16. The lowest BCUT2D eigenvalue weighted by atomic mass is 10.0. The largest absolute Gasteiger partial charge is 0.416 e. The summed E-state index contributed by atoms with van der Waals surface area (Å²) in [5, 5.41) is 0. The molecule has 0 bridgehead atoms. The predicted octanol–water partition coefficient (Wildman–Crippen LogP) is 4.71. The van der Waals surface area contributed by atoms with Crippen LogP contribution in [0.3, 0.4) is 0 Å². The van der Waals surface area contributed by atoms with Crippen molar-refractivity contribution in [1.82, 2.24) is 24.3 Å². The Morgan fingerprint density at radius 3 is 2.72 bits per heavy atom. The van der Waals surface area contributed by atoms with E-state index in [1.807, 2.05) is 4.40 Å². The number of rotatable bonds is 5. The lowest BCUT2D eigenvalue weighted by Crippen LogP contribution is -2.27.